The van der Waals surface area contributed by atoms with Crippen LogP contribution in [0.5, 0.6) is 0 Å². The molecule has 13 heavy (non-hydrogen) atoms. The van der Waals surface area contributed by atoms with Crippen LogP contribution in [0.1, 0.15) is 11.4 Å². The zero-order valence-corrected chi connectivity index (χ0v) is 9.61. The van der Waals surface area contributed by atoms with Gasteiger partial charge in [-0.3, -0.25) is 4.98 Å². The van der Waals surface area contributed by atoms with Crippen LogP contribution in [-0.4, -0.2) is 11.7 Å². The summed E-state index contributed by atoms with van der Waals surface area (Å²) in [6.45, 7) is 4.39. The van der Waals surface area contributed by atoms with Crippen LogP contribution >= 0.6 is 27.5 Å². The number of hydrogen-bond acceptors (Lipinski definition) is 3. The molecular formula is C8H11BrClN3. The number of aromatic nitrogens is 1. The third-order valence-electron chi connectivity index (χ3n) is 1.34. The summed E-state index contributed by atoms with van der Waals surface area (Å²) in [5.74, 6) is 0. The van der Waals surface area contributed by atoms with Crippen LogP contribution in [0.15, 0.2) is 6.07 Å². The third kappa shape index (κ3) is 3.32. The zero-order valence-electron chi connectivity index (χ0n) is 7.27. The number of anilines is 1. The largest absolute Gasteiger partial charge is 0.396 e. The summed E-state index contributed by atoms with van der Waals surface area (Å²) in [7, 11) is 0. The molecule has 1 aromatic rings. The molecule has 1 rings (SSSR count). The number of nitrogens with two attached hydrogens (primary N) is 1. The molecule has 1 aromatic heterocycles. The number of rotatable bonds is 1. The zero-order chi connectivity index (χ0) is 10.4. The molecule has 0 amide bonds. The first-order valence-electron chi connectivity index (χ1n) is 3.48. The molecule has 0 unspecified atom stereocenters. The van der Waals surface area contributed by atoms with Crippen molar-refractivity contribution in [3.05, 3.63) is 22.5 Å². The second-order valence-electron chi connectivity index (χ2n) is 2.24. The highest BCUT2D eigenvalue weighted by Gasteiger charge is 2.04. The number of halogens is 2. The minimum absolute atomic E-state index is 0.564. The van der Waals surface area contributed by atoms with Gasteiger partial charge in [-0.1, -0.05) is 27.5 Å². The van der Waals surface area contributed by atoms with Crippen molar-refractivity contribution >= 4 is 39.9 Å². The molecule has 0 aliphatic carbocycles. The Morgan fingerprint density at radius 3 is 2.69 bits per heavy atom. The van der Waals surface area contributed by atoms with E-state index in [-0.39, 0.29) is 0 Å². The molecule has 1 heterocycles. The van der Waals surface area contributed by atoms with Gasteiger partial charge in [0, 0.05) is 11.0 Å². The fraction of sp³-hybridized carbons (Fsp3) is 0.250. The lowest BCUT2D eigenvalue weighted by Crippen LogP contribution is -1.97. The van der Waals surface area contributed by atoms with E-state index in [2.05, 4.69) is 27.6 Å². The fourth-order valence-corrected chi connectivity index (χ4v) is 1.50. The van der Waals surface area contributed by atoms with Crippen molar-refractivity contribution in [2.75, 3.05) is 5.73 Å². The molecule has 0 aliphatic heterocycles. The van der Waals surface area contributed by atoms with Crippen molar-refractivity contribution in [2.45, 2.75) is 12.3 Å². The van der Waals surface area contributed by atoms with Crippen molar-refractivity contribution in [3.63, 3.8) is 0 Å². The van der Waals surface area contributed by atoms with Crippen molar-refractivity contribution < 1.29 is 0 Å². The molecule has 0 aromatic carbocycles. The summed E-state index contributed by atoms with van der Waals surface area (Å²) in [5, 5.41) is 6.72. The van der Waals surface area contributed by atoms with E-state index >= 15 is 0 Å². The first-order valence-corrected chi connectivity index (χ1v) is 4.98. The Labute approximate surface area is 90.9 Å². The maximum Gasteiger partial charge on any atom is 0.0756 e. The standard InChI is InChI=1S/C7H8BrClN2.CH3N/c1-4-2-5(9)7(10)6(3-8)11-4;1-2/h2H,3,10H2,1H3;2H,1H2. The molecule has 72 valence electrons. The van der Waals surface area contributed by atoms with Crippen LogP contribution in [0.25, 0.3) is 0 Å². The number of aryl methyl sites for hydroxylation is 1. The molecule has 3 N–H and O–H groups in total. The predicted molar refractivity (Wildman–Crippen MR) is 60.9 cm³/mol. The summed E-state index contributed by atoms with van der Waals surface area (Å²) < 4.78 is 0. The van der Waals surface area contributed by atoms with Crippen molar-refractivity contribution in [3.8, 4) is 0 Å². The number of alkyl halides is 1. The SMILES string of the molecule is C=N.Cc1cc(Cl)c(N)c(CBr)n1. The van der Waals surface area contributed by atoms with Gasteiger partial charge in [0.2, 0.25) is 0 Å². The quantitative estimate of drug-likeness (QED) is 0.605. The van der Waals surface area contributed by atoms with Crippen LogP contribution < -0.4 is 5.73 Å². The summed E-state index contributed by atoms with van der Waals surface area (Å²) in [6.07, 6.45) is 0. The van der Waals surface area contributed by atoms with Gasteiger partial charge in [-0.05, 0) is 19.7 Å². The van der Waals surface area contributed by atoms with Crippen LogP contribution in [0.2, 0.25) is 5.02 Å². The maximum atomic E-state index is 5.81. The smallest absolute Gasteiger partial charge is 0.0756 e. The average molecular weight is 265 g/mol. The van der Waals surface area contributed by atoms with E-state index < -0.39 is 0 Å². The molecule has 0 saturated carbocycles. The normalized spacial score (nSPS) is 8.85. The Morgan fingerprint density at radius 1 is 1.69 bits per heavy atom. The molecule has 0 aliphatic rings. The second-order valence-corrected chi connectivity index (χ2v) is 3.21. The highest BCUT2D eigenvalue weighted by molar-refractivity contribution is 9.08. The van der Waals surface area contributed by atoms with Crippen molar-refractivity contribution in [1.82, 2.24) is 4.98 Å². The lowest BCUT2D eigenvalue weighted by Gasteiger charge is -2.04. The minimum Gasteiger partial charge on any atom is -0.396 e. The van der Waals surface area contributed by atoms with Gasteiger partial charge < -0.3 is 11.1 Å². The minimum atomic E-state index is 0.564. The van der Waals surface area contributed by atoms with Gasteiger partial charge in [-0.25, -0.2) is 0 Å². The fourth-order valence-electron chi connectivity index (χ4n) is 0.806. The Hall–Kier alpha value is -0.610. The highest BCUT2D eigenvalue weighted by Crippen LogP contribution is 2.23. The van der Waals surface area contributed by atoms with Gasteiger partial charge in [0.05, 0.1) is 16.4 Å². The lowest BCUT2D eigenvalue weighted by molar-refractivity contribution is 1.12. The first kappa shape index (κ1) is 12.4. The number of nitrogens with zero attached hydrogens (tertiary/aromatic N) is 1. The number of pyridine rings is 1. The molecule has 5 heteroatoms. The van der Waals surface area contributed by atoms with Gasteiger partial charge in [-0.15, -0.1) is 0 Å². The van der Waals surface area contributed by atoms with E-state index in [1.807, 2.05) is 6.92 Å². The topological polar surface area (TPSA) is 62.8 Å². The molecule has 0 spiro atoms. The Kier molecular flexibility index (Phi) is 5.66. The van der Waals surface area contributed by atoms with Gasteiger partial charge in [-0.2, -0.15) is 0 Å². The predicted octanol–water partition coefficient (Wildman–Crippen LogP) is 2.79. The molecular weight excluding hydrogens is 253 g/mol. The summed E-state index contributed by atoms with van der Waals surface area (Å²) in [4.78, 5) is 4.20. The third-order valence-corrected chi connectivity index (χ3v) is 2.19. The van der Waals surface area contributed by atoms with E-state index in [1.54, 1.807) is 6.07 Å². The van der Waals surface area contributed by atoms with E-state index in [0.717, 1.165) is 11.4 Å². The molecule has 3 nitrogen and oxygen atoms in total. The van der Waals surface area contributed by atoms with Gasteiger partial charge in [0.25, 0.3) is 0 Å². The van der Waals surface area contributed by atoms with Gasteiger partial charge in [0.15, 0.2) is 0 Å². The summed E-state index contributed by atoms with van der Waals surface area (Å²) in [6, 6.07) is 1.75. The van der Waals surface area contributed by atoms with Gasteiger partial charge in [0.1, 0.15) is 0 Å². The maximum absolute atomic E-state index is 5.81. The van der Waals surface area contributed by atoms with E-state index in [0.29, 0.717) is 16.0 Å². The van der Waals surface area contributed by atoms with Crippen molar-refractivity contribution in [1.29, 1.82) is 5.41 Å². The molecule has 0 saturated heterocycles. The van der Waals surface area contributed by atoms with Crippen LogP contribution in [-0.2, 0) is 5.33 Å². The molecule has 0 atom stereocenters. The van der Waals surface area contributed by atoms with Crippen molar-refractivity contribution in [2.24, 2.45) is 0 Å². The molecule has 0 fully saturated rings. The first-order chi connectivity index (χ1) is 6.15. The lowest BCUT2D eigenvalue weighted by atomic mass is 10.3. The van der Waals surface area contributed by atoms with Gasteiger partial charge >= 0.3 is 0 Å². The van der Waals surface area contributed by atoms with E-state index in [1.165, 1.54) is 0 Å². The average Bonchev–Trinajstić information content (AvgIpc) is 2.14. The second kappa shape index (κ2) is 5.94. The summed E-state index contributed by atoms with van der Waals surface area (Å²) >= 11 is 9.09. The summed E-state index contributed by atoms with van der Waals surface area (Å²) in [5.41, 5.74) is 7.89. The Balaban J connectivity index is 0.000000671. The van der Waals surface area contributed by atoms with E-state index in [9.17, 15) is 0 Å². The van der Waals surface area contributed by atoms with Crippen LogP contribution in [0.3, 0.4) is 0 Å². The van der Waals surface area contributed by atoms with Crippen LogP contribution in [0, 0.1) is 12.3 Å². The number of hydrogen-bond donors (Lipinski definition) is 2. The Bertz CT molecular complexity index is 291. The number of nitrogen functional groups attached to an aromatic ring is 1. The van der Waals surface area contributed by atoms with Crippen LogP contribution in [0.4, 0.5) is 5.69 Å². The molecule has 0 radical (unpaired) electrons. The molecule has 0 bridgehead atoms. The Morgan fingerprint density at radius 2 is 2.23 bits per heavy atom. The highest BCUT2D eigenvalue weighted by atomic mass is 79.9. The monoisotopic (exact) mass is 263 g/mol. The number of nitrogens with one attached hydrogen (secondary N) is 1. The van der Waals surface area contributed by atoms with E-state index in [4.69, 9.17) is 22.7 Å².